The number of nitrogens with two attached hydrogens (primary N) is 1. The van der Waals surface area contributed by atoms with Crippen molar-refractivity contribution in [2.24, 2.45) is 10.8 Å². The highest BCUT2D eigenvalue weighted by Crippen LogP contribution is 2.28. The molecule has 2 heterocycles. The second kappa shape index (κ2) is 11.3. The van der Waals surface area contributed by atoms with Crippen LogP contribution in [0, 0.1) is 5.82 Å². The third-order valence-electron chi connectivity index (χ3n) is 5.35. The van der Waals surface area contributed by atoms with Crippen molar-refractivity contribution in [2.75, 3.05) is 55.6 Å². The van der Waals surface area contributed by atoms with Crippen LogP contribution in [-0.2, 0) is 14.3 Å². The predicted octanol–water partition coefficient (Wildman–Crippen LogP) is -0.212. The van der Waals surface area contributed by atoms with Gasteiger partial charge in [0.05, 0.1) is 31.0 Å². The average Bonchev–Trinajstić information content (AvgIpc) is 3.01. The number of hydrazone groups is 1. The highest BCUT2D eigenvalue weighted by molar-refractivity contribution is 5.90. The minimum Gasteiger partial charge on any atom is -0.442 e. The Hall–Kier alpha value is -3.87. The van der Waals surface area contributed by atoms with Gasteiger partial charge < -0.3 is 20.7 Å². The van der Waals surface area contributed by atoms with Crippen molar-refractivity contribution in [3.8, 4) is 0 Å². The number of anilines is 2. The van der Waals surface area contributed by atoms with Crippen LogP contribution in [0.2, 0.25) is 0 Å². The molecule has 2 aliphatic rings. The van der Waals surface area contributed by atoms with E-state index in [2.05, 4.69) is 22.6 Å². The molecule has 3 rings (SSSR count). The van der Waals surface area contributed by atoms with Crippen LogP contribution >= 0.6 is 0 Å². The molecule has 0 saturated carbocycles. The first kappa shape index (κ1) is 24.8. The number of rotatable bonds is 8. The zero-order valence-electron chi connectivity index (χ0n) is 18.9. The van der Waals surface area contributed by atoms with Gasteiger partial charge in [0.15, 0.2) is 0 Å². The van der Waals surface area contributed by atoms with E-state index < -0.39 is 18.0 Å². The quantitative estimate of drug-likeness (QED) is 0.346. The summed E-state index contributed by atoms with van der Waals surface area (Å²) in [5.41, 5.74) is 9.10. The molecule has 1 atom stereocenters. The van der Waals surface area contributed by atoms with Crippen LogP contribution in [-0.4, -0.2) is 86.6 Å². The molecule has 0 spiro atoms. The lowest BCUT2D eigenvalue weighted by Gasteiger charge is -2.25. The number of ether oxygens (including phenoxy) is 1. The number of halogens is 1. The summed E-state index contributed by atoms with van der Waals surface area (Å²) in [4.78, 5) is 39.0. The number of carbonyl (C=O) groups excluding carboxylic acids is 3. The Labute approximate surface area is 196 Å². The van der Waals surface area contributed by atoms with Crippen LogP contribution < -0.4 is 26.3 Å². The van der Waals surface area contributed by atoms with Crippen LogP contribution in [0.4, 0.5) is 20.6 Å². The number of nitrogens with zero attached hydrogens (tertiary/aromatic N) is 5. The summed E-state index contributed by atoms with van der Waals surface area (Å²) in [5, 5.41) is 9.09. The van der Waals surface area contributed by atoms with Crippen molar-refractivity contribution >= 4 is 36.0 Å². The van der Waals surface area contributed by atoms with E-state index in [0.29, 0.717) is 37.6 Å². The first-order valence-electron chi connectivity index (χ1n) is 10.7. The van der Waals surface area contributed by atoms with Gasteiger partial charge in [-0.05, 0) is 18.2 Å². The number of nitrogens with one attached hydrogen (secondary N) is 2. The molecule has 12 nitrogen and oxygen atoms in total. The van der Waals surface area contributed by atoms with Crippen LogP contribution in [0.5, 0.6) is 0 Å². The van der Waals surface area contributed by atoms with Crippen LogP contribution in [0.25, 0.3) is 0 Å². The van der Waals surface area contributed by atoms with Crippen molar-refractivity contribution in [3.05, 3.63) is 36.4 Å². The van der Waals surface area contributed by atoms with E-state index >= 15 is 4.39 Å². The van der Waals surface area contributed by atoms with Crippen molar-refractivity contribution in [3.63, 3.8) is 0 Å². The zero-order chi connectivity index (χ0) is 24.7. The fourth-order valence-electron chi connectivity index (χ4n) is 3.67. The normalized spacial score (nSPS) is 18.6. The Morgan fingerprint density at radius 1 is 1.41 bits per heavy atom. The molecular weight excluding hydrogens is 447 g/mol. The molecule has 1 aromatic carbocycles. The molecule has 1 aromatic rings. The summed E-state index contributed by atoms with van der Waals surface area (Å²) in [6, 6.07) is 4.53. The fraction of sp³-hybridized carbons (Fsp3) is 0.429. The van der Waals surface area contributed by atoms with Gasteiger partial charge in [-0.3, -0.25) is 24.5 Å². The highest BCUT2D eigenvalue weighted by Gasteiger charge is 2.33. The summed E-state index contributed by atoms with van der Waals surface area (Å²) in [6.07, 6.45) is 1.59. The van der Waals surface area contributed by atoms with Crippen molar-refractivity contribution in [1.29, 1.82) is 0 Å². The van der Waals surface area contributed by atoms with Gasteiger partial charge >= 0.3 is 6.09 Å². The summed E-state index contributed by atoms with van der Waals surface area (Å²) < 4.78 is 20.3. The highest BCUT2D eigenvalue weighted by atomic mass is 19.1. The molecule has 0 bridgehead atoms. The van der Waals surface area contributed by atoms with Gasteiger partial charge in [0.1, 0.15) is 18.5 Å². The van der Waals surface area contributed by atoms with Gasteiger partial charge in [0, 0.05) is 45.7 Å². The Balaban J connectivity index is 1.62. The first-order valence-corrected chi connectivity index (χ1v) is 10.7. The van der Waals surface area contributed by atoms with E-state index in [4.69, 9.17) is 10.5 Å². The maximum absolute atomic E-state index is 15.0. The molecule has 34 heavy (non-hydrogen) atoms. The summed E-state index contributed by atoms with van der Waals surface area (Å²) in [7, 11) is 0. The van der Waals surface area contributed by atoms with Crippen molar-refractivity contribution in [2.45, 2.75) is 13.0 Å². The fourth-order valence-corrected chi connectivity index (χ4v) is 3.67. The third-order valence-corrected chi connectivity index (χ3v) is 5.35. The van der Waals surface area contributed by atoms with Gasteiger partial charge in [0.2, 0.25) is 5.91 Å². The number of cyclic esters (lactones) is 1. The number of hydrogen-bond acceptors (Lipinski definition) is 9. The maximum Gasteiger partial charge on any atom is 0.414 e. The molecule has 2 fully saturated rings. The smallest absolute Gasteiger partial charge is 0.414 e. The van der Waals surface area contributed by atoms with E-state index in [0.717, 1.165) is 0 Å². The SMILES string of the molecule is C=NN(/C=C\N)CC(=O)N1CCN(c2ccc(N3C[C@H](CNC(C)=O)OC3=O)cc2F)CCN1. The van der Waals surface area contributed by atoms with Gasteiger partial charge in [0.25, 0.3) is 5.91 Å². The van der Waals surface area contributed by atoms with Crippen LogP contribution in [0.15, 0.2) is 35.7 Å². The summed E-state index contributed by atoms with van der Waals surface area (Å²) in [6.45, 7) is 6.74. The molecule has 0 unspecified atom stereocenters. The Morgan fingerprint density at radius 2 is 2.21 bits per heavy atom. The third kappa shape index (κ3) is 6.13. The molecule has 2 saturated heterocycles. The lowest BCUT2D eigenvalue weighted by atomic mass is 10.2. The second-order valence-corrected chi connectivity index (χ2v) is 7.71. The number of hydrogen-bond donors (Lipinski definition) is 3. The maximum atomic E-state index is 15.0. The van der Waals surface area contributed by atoms with Crippen LogP contribution in [0.1, 0.15) is 6.92 Å². The average molecular weight is 477 g/mol. The molecule has 3 amide bonds. The number of carbonyl (C=O) groups is 3. The largest absolute Gasteiger partial charge is 0.442 e. The van der Waals surface area contributed by atoms with E-state index in [1.165, 1.54) is 40.3 Å². The standard InChI is InChI=1S/C21H29FN8O4/c1-15(31)25-12-17-13-29(21(33)34-17)16-3-4-19(18(22)11-16)27-8-6-26-30(10-9-27)20(32)14-28(24-2)7-5-23/h3-5,7,11,17,26H,2,6,8-10,12-14,23H2,1H3,(H,25,31)/b7-5-/t17-/m0/s1. The van der Waals surface area contributed by atoms with E-state index in [9.17, 15) is 14.4 Å². The van der Waals surface area contributed by atoms with E-state index in [-0.39, 0.29) is 31.4 Å². The van der Waals surface area contributed by atoms with Gasteiger partial charge in [-0.25, -0.2) is 14.6 Å². The Morgan fingerprint density at radius 3 is 2.88 bits per heavy atom. The van der Waals surface area contributed by atoms with Gasteiger partial charge in [-0.1, -0.05) is 0 Å². The number of amides is 3. The van der Waals surface area contributed by atoms with E-state index in [1.807, 2.05) is 4.90 Å². The molecule has 4 N–H and O–H groups in total. The Kier molecular flexibility index (Phi) is 8.24. The lowest BCUT2D eigenvalue weighted by Crippen LogP contribution is -2.47. The molecule has 0 aliphatic carbocycles. The van der Waals surface area contributed by atoms with Gasteiger partial charge in [-0.15, -0.1) is 0 Å². The molecule has 2 aliphatic heterocycles. The molecule has 0 aromatic heterocycles. The van der Waals surface area contributed by atoms with Crippen molar-refractivity contribution < 1.29 is 23.5 Å². The molecular formula is C21H29FN8O4. The second-order valence-electron chi connectivity index (χ2n) is 7.71. The predicted molar refractivity (Wildman–Crippen MR) is 124 cm³/mol. The zero-order valence-corrected chi connectivity index (χ0v) is 18.9. The van der Waals surface area contributed by atoms with Crippen molar-refractivity contribution in [1.82, 2.24) is 20.8 Å². The molecule has 0 radical (unpaired) electrons. The first-order chi connectivity index (χ1) is 16.3. The number of hydrazine groups is 1. The number of benzene rings is 1. The minimum absolute atomic E-state index is 0.0396. The summed E-state index contributed by atoms with van der Waals surface area (Å²) >= 11 is 0. The summed E-state index contributed by atoms with van der Waals surface area (Å²) in [5.74, 6) is -0.950. The lowest BCUT2D eigenvalue weighted by molar-refractivity contribution is -0.134. The molecule has 184 valence electrons. The van der Waals surface area contributed by atoms with Gasteiger partial charge in [-0.2, -0.15) is 5.10 Å². The monoisotopic (exact) mass is 476 g/mol. The molecule has 13 heteroatoms. The minimum atomic E-state index is -0.594. The Bertz CT molecular complexity index is 959. The topological polar surface area (TPSA) is 136 Å². The van der Waals surface area contributed by atoms with Crippen LogP contribution in [0.3, 0.4) is 0 Å². The van der Waals surface area contributed by atoms with E-state index in [1.54, 1.807) is 12.1 Å².